The van der Waals surface area contributed by atoms with Crippen LogP contribution in [0.25, 0.3) is 22.0 Å². The summed E-state index contributed by atoms with van der Waals surface area (Å²) in [7, 11) is 0. The van der Waals surface area contributed by atoms with Crippen LogP contribution >= 0.6 is 0 Å². The van der Waals surface area contributed by atoms with Crippen molar-refractivity contribution < 1.29 is 24.5 Å². The van der Waals surface area contributed by atoms with Gasteiger partial charge in [-0.3, -0.25) is 10.1 Å². The van der Waals surface area contributed by atoms with Crippen LogP contribution in [0, 0.1) is 0 Å². The first kappa shape index (κ1) is 38.3. The molecular weight excluding hydrogens is 705 g/mol. The Morgan fingerprint density at radius 1 is 0.804 bits per heavy atom. The predicted molar refractivity (Wildman–Crippen MR) is 220 cm³/mol. The van der Waals surface area contributed by atoms with Crippen LogP contribution < -0.4 is 26.7 Å². The van der Waals surface area contributed by atoms with Gasteiger partial charge in [-0.05, 0) is 115 Å². The number of hydrogen-bond acceptors (Lipinski definition) is 8. The number of fused-ring (bicyclic) bond motifs is 1. The van der Waals surface area contributed by atoms with E-state index in [0.717, 1.165) is 84.4 Å². The summed E-state index contributed by atoms with van der Waals surface area (Å²) in [6.45, 7) is 0.826. The number of carbonyl (C=O) groups is 1. The number of rotatable bonds is 14. The number of amides is 1. The summed E-state index contributed by atoms with van der Waals surface area (Å²) >= 11 is 0. The van der Waals surface area contributed by atoms with Crippen molar-refractivity contribution in [3.05, 3.63) is 154 Å². The highest BCUT2D eigenvalue weighted by Crippen LogP contribution is 2.31. The molecule has 1 heterocycles. The van der Waals surface area contributed by atoms with Crippen molar-refractivity contribution in [2.45, 2.75) is 69.7 Å². The smallest absolute Gasteiger partial charge is 0.411 e. The van der Waals surface area contributed by atoms with E-state index in [2.05, 4.69) is 45.9 Å². The van der Waals surface area contributed by atoms with E-state index in [4.69, 9.17) is 15.2 Å². The molecule has 0 saturated heterocycles. The summed E-state index contributed by atoms with van der Waals surface area (Å²) in [5.41, 5.74) is 12.8. The number of pyridine rings is 1. The molecule has 10 nitrogen and oxygen atoms in total. The summed E-state index contributed by atoms with van der Waals surface area (Å²) in [5, 5.41) is 27.9. The minimum Gasteiger partial charge on any atom is -0.506 e. The Balaban J connectivity index is 0.883. The molecule has 1 amide bonds. The van der Waals surface area contributed by atoms with Crippen LogP contribution in [-0.2, 0) is 24.1 Å². The van der Waals surface area contributed by atoms with E-state index in [0.29, 0.717) is 23.0 Å². The van der Waals surface area contributed by atoms with E-state index in [9.17, 15) is 19.8 Å². The average molecular weight is 753 g/mol. The van der Waals surface area contributed by atoms with Gasteiger partial charge in [0.2, 0.25) is 5.56 Å². The Labute approximate surface area is 326 Å². The summed E-state index contributed by atoms with van der Waals surface area (Å²) < 4.78 is 11.9. The number of hydrogen-bond donors (Lipinski definition) is 6. The zero-order chi connectivity index (χ0) is 38.9. The highest BCUT2D eigenvalue weighted by Gasteiger charge is 2.22. The fourth-order valence-corrected chi connectivity index (χ4v) is 7.26. The van der Waals surface area contributed by atoms with E-state index < -0.39 is 12.2 Å². The van der Waals surface area contributed by atoms with Gasteiger partial charge in [0.1, 0.15) is 23.4 Å². The molecule has 5 aromatic carbocycles. The number of nitrogens with two attached hydrogens (primary N) is 1. The number of ether oxygens (including phenoxy) is 2. The quantitative estimate of drug-likeness (QED) is 0.0646. The Morgan fingerprint density at radius 2 is 1.48 bits per heavy atom. The lowest BCUT2D eigenvalue weighted by molar-refractivity contribution is 0.0826. The Bertz CT molecular complexity index is 2290. The Kier molecular flexibility index (Phi) is 12.4. The molecule has 1 fully saturated rings. The number of aliphatic hydroxyl groups excluding tert-OH is 1. The molecule has 1 saturated carbocycles. The highest BCUT2D eigenvalue weighted by molar-refractivity contribution is 5.92. The molecule has 288 valence electrons. The van der Waals surface area contributed by atoms with E-state index in [1.54, 1.807) is 12.1 Å². The van der Waals surface area contributed by atoms with Crippen molar-refractivity contribution in [1.29, 1.82) is 0 Å². The van der Waals surface area contributed by atoms with Gasteiger partial charge in [0.05, 0.1) is 17.3 Å². The first-order valence-corrected chi connectivity index (χ1v) is 19.3. The lowest BCUT2D eigenvalue weighted by atomic mass is 9.94. The Hall–Kier alpha value is -5.94. The van der Waals surface area contributed by atoms with Gasteiger partial charge in [0.25, 0.3) is 0 Å². The highest BCUT2D eigenvalue weighted by atomic mass is 16.6. The van der Waals surface area contributed by atoms with E-state index in [1.807, 2.05) is 66.7 Å². The number of aromatic amines is 1. The number of phenolic OH excluding ortho intramolecular Hbond substituents is 1. The van der Waals surface area contributed by atoms with E-state index in [-0.39, 0.29) is 30.0 Å². The largest absolute Gasteiger partial charge is 0.506 e. The number of aromatic nitrogens is 1. The van der Waals surface area contributed by atoms with E-state index in [1.165, 1.54) is 17.7 Å². The monoisotopic (exact) mass is 752 g/mol. The average Bonchev–Trinajstić information content (AvgIpc) is 3.21. The molecule has 1 aromatic heterocycles. The first-order chi connectivity index (χ1) is 27.3. The number of aryl methyl sites for hydroxylation is 2. The summed E-state index contributed by atoms with van der Waals surface area (Å²) in [4.78, 5) is 27.3. The molecule has 7 N–H and O–H groups in total. The molecule has 1 aliphatic rings. The molecule has 10 heteroatoms. The van der Waals surface area contributed by atoms with Gasteiger partial charge in [-0.25, -0.2) is 4.79 Å². The molecule has 0 spiro atoms. The van der Waals surface area contributed by atoms with Gasteiger partial charge in [0.15, 0.2) is 0 Å². The number of nitrogens with one attached hydrogen (secondary N) is 3. The SMILES string of the molecule is NC1CCC(OC(=O)Nc2cc(CCCc3ccc(Oc4ccc(CNC[C@H](O)c5ccc(O)c6[nH]c(=O)ccc56)cc4)cc3)ccc2-c2ccccc2)CC1. The molecule has 0 bridgehead atoms. The van der Waals surface area contributed by atoms with Crippen LogP contribution in [0.1, 0.15) is 60.5 Å². The molecule has 0 unspecified atom stereocenters. The van der Waals surface area contributed by atoms with Gasteiger partial charge in [-0.1, -0.05) is 72.8 Å². The maximum Gasteiger partial charge on any atom is 0.411 e. The van der Waals surface area contributed by atoms with Crippen molar-refractivity contribution >= 4 is 22.7 Å². The molecule has 0 radical (unpaired) electrons. The zero-order valence-corrected chi connectivity index (χ0v) is 31.2. The van der Waals surface area contributed by atoms with Crippen molar-refractivity contribution in [2.24, 2.45) is 5.73 Å². The topological polar surface area (TPSA) is 159 Å². The van der Waals surface area contributed by atoms with Crippen molar-refractivity contribution in [1.82, 2.24) is 10.3 Å². The predicted octanol–water partition coefficient (Wildman–Crippen LogP) is 8.51. The minimum atomic E-state index is -0.833. The number of anilines is 1. The third-order valence-electron chi connectivity index (χ3n) is 10.3. The van der Waals surface area contributed by atoms with Gasteiger partial charge in [-0.2, -0.15) is 0 Å². The zero-order valence-electron chi connectivity index (χ0n) is 31.2. The second kappa shape index (κ2) is 18.1. The van der Waals surface area contributed by atoms with Crippen LogP contribution in [0.5, 0.6) is 17.2 Å². The van der Waals surface area contributed by atoms with Crippen LogP contribution in [0.15, 0.2) is 126 Å². The number of aromatic hydroxyl groups is 1. The maximum absolute atomic E-state index is 13.0. The van der Waals surface area contributed by atoms with Gasteiger partial charge in [-0.15, -0.1) is 0 Å². The van der Waals surface area contributed by atoms with Gasteiger partial charge >= 0.3 is 6.09 Å². The minimum absolute atomic E-state index is 0.0383. The van der Waals surface area contributed by atoms with E-state index >= 15 is 0 Å². The Morgan fingerprint density at radius 3 is 2.21 bits per heavy atom. The fraction of sp³-hybridized carbons (Fsp3) is 0.261. The number of phenols is 1. The summed E-state index contributed by atoms with van der Waals surface area (Å²) in [5.74, 6) is 1.44. The van der Waals surface area contributed by atoms with Crippen molar-refractivity contribution in [3.63, 3.8) is 0 Å². The normalized spacial score (nSPS) is 16.0. The third kappa shape index (κ3) is 10.0. The molecule has 0 aliphatic heterocycles. The second-order valence-corrected chi connectivity index (χ2v) is 14.5. The molecule has 56 heavy (non-hydrogen) atoms. The third-order valence-corrected chi connectivity index (χ3v) is 10.3. The van der Waals surface area contributed by atoms with Crippen LogP contribution in [0.4, 0.5) is 10.5 Å². The lowest BCUT2D eigenvalue weighted by Gasteiger charge is -2.26. The van der Waals surface area contributed by atoms with Crippen molar-refractivity contribution in [3.8, 4) is 28.4 Å². The number of H-pyrrole nitrogens is 1. The number of aliphatic hydroxyl groups is 1. The second-order valence-electron chi connectivity index (χ2n) is 14.5. The van der Waals surface area contributed by atoms with Crippen LogP contribution in [0.3, 0.4) is 0 Å². The lowest BCUT2D eigenvalue weighted by Crippen LogP contribution is -2.32. The standard InChI is InChI=1S/C46H48N4O6/c47-34-14-20-37(21-15-34)56-46(54)49-41-27-31(13-22-38(41)33-7-2-1-3-8-33)6-4-5-30-9-16-35(17-10-30)55-36-18-11-32(12-19-36)28-48-29-43(52)39-23-25-42(51)45-40(39)24-26-44(53)50-45/h1-3,7-13,16-19,22-27,34,37,43,48,51-52H,4-6,14-15,20-21,28-29,47H2,(H,49,54)(H,50,53)/t34?,37?,43-/m0/s1. The molecule has 6 aromatic rings. The fourth-order valence-electron chi connectivity index (χ4n) is 7.26. The van der Waals surface area contributed by atoms with Gasteiger partial charge < -0.3 is 35.7 Å². The summed E-state index contributed by atoms with van der Waals surface area (Å²) in [6.07, 6.45) is 4.66. The van der Waals surface area contributed by atoms with Crippen LogP contribution in [0.2, 0.25) is 0 Å². The van der Waals surface area contributed by atoms with Crippen LogP contribution in [-0.4, -0.2) is 40.0 Å². The molecule has 1 aliphatic carbocycles. The number of benzene rings is 5. The molecule has 7 rings (SSSR count). The molecular formula is C46H48N4O6. The number of carbonyl (C=O) groups excluding carboxylic acids is 1. The van der Waals surface area contributed by atoms with Gasteiger partial charge in [0, 0.05) is 36.1 Å². The molecule has 1 atom stereocenters. The van der Waals surface area contributed by atoms with Crippen molar-refractivity contribution in [2.75, 3.05) is 11.9 Å². The summed E-state index contributed by atoms with van der Waals surface area (Å²) in [6, 6.07) is 38.6. The first-order valence-electron chi connectivity index (χ1n) is 19.3. The maximum atomic E-state index is 13.0.